The van der Waals surface area contributed by atoms with Crippen molar-refractivity contribution in [3.63, 3.8) is 0 Å². The Bertz CT molecular complexity index is 571. The van der Waals surface area contributed by atoms with E-state index in [1.807, 2.05) is 17.0 Å². The zero-order chi connectivity index (χ0) is 17.9. The first-order valence-corrected chi connectivity index (χ1v) is 9.41. The van der Waals surface area contributed by atoms with Gasteiger partial charge in [-0.1, -0.05) is 6.92 Å². The molecule has 138 valence electrons. The van der Waals surface area contributed by atoms with Crippen LogP contribution in [0.1, 0.15) is 39.5 Å². The predicted octanol–water partition coefficient (Wildman–Crippen LogP) is 2.68. The topological polar surface area (TPSA) is 53.0 Å². The van der Waals surface area contributed by atoms with E-state index < -0.39 is 5.60 Å². The molecule has 0 atom stereocenters. The van der Waals surface area contributed by atoms with Crippen molar-refractivity contribution in [2.45, 2.75) is 45.1 Å². The Balaban J connectivity index is 1.50. The van der Waals surface area contributed by atoms with Gasteiger partial charge in [0.05, 0.1) is 5.60 Å². The molecule has 5 heteroatoms. The molecule has 0 radical (unpaired) electrons. The first-order valence-electron chi connectivity index (χ1n) is 9.41. The van der Waals surface area contributed by atoms with E-state index in [1.165, 1.54) is 0 Å². The first-order chi connectivity index (χ1) is 12.0. The number of benzene rings is 1. The lowest BCUT2D eigenvalue weighted by Crippen LogP contribution is -2.48. The molecule has 2 aliphatic rings. The third-order valence-corrected chi connectivity index (χ3v) is 5.64. The number of amides is 1. The van der Waals surface area contributed by atoms with Gasteiger partial charge in [-0.15, -0.1) is 0 Å². The summed E-state index contributed by atoms with van der Waals surface area (Å²) in [5.74, 6) is 1.67. The maximum atomic E-state index is 11.4. The molecular formula is C20H30N2O3. The molecule has 2 fully saturated rings. The lowest BCUT2D eigenvalue weighted by molar-refractivity contribution is -0.129. The normalized spacial score (nSPS) is 27.2. The second-order valence-electron chi connectivity index (χ2n) is 7.68. The molecule has 1 aromatic rings. The van der Waals surface area contributed by atoms with Crippen molar-refractivity contribution in [1.29, 1.82) is 0 Å². The zero-order valence-electron chi connectivity index (χ0n) is 15.4. The minimum Gasteiger partial charge on any atom is -0.491 e. The number of carbonyl (C=O) groups is 1. The smallest absolute Gasteiger partial charge is 0.219 e. The highest BCUT2D eigenvalue weighted by Gasteiger charge is 2.32. The molecule has 1 saturated heterocycles. The number of anilines is 1. The third-order valence-electron chi connectivity index (χ3n) is 5.64. The summed E-state index contributed by atoms with van der Waals surface area (Å²) in [4.78, 5) is 15.6. The van der Waals surface area contributed by atoms with Gasteiger partial charge in [0.15, 0.2) is 0 Å². The summed E-state index contributed by atoms with van der Waals surface area (Å²) in [7, 11) is 0. The average molecular weight is 346 g/mol. The van der Waals surface area contributed by atoms with Gasteiger partial charge < -0.3 is 19.6 Å². The standard InChI is InChI=1S/C20H30N2O3/c1-16-7-9-20(24,10-8-16)15-25-19-5-3-18(4-6-19)22-13-11-21(12-14-22)17(2)23/h3-6,16,24H,7-15H2,1-2H3. The minimum absolute atomic E-state index is 0.151. The molecule has 25 heavy (non-hydrogen) atoms. The third kappa shape index (κ3) is 4.66. The Morgan fingerprint density at radius 1 is 1.16 bits per heavy atom. The molecule has 0 spiro atoms. The first kappa shape index (κ1) is 18.1. The Labute approximate surface area is 150 Å². The summed E-state index contributed by atoms with van der Waals surface area (Å²) in [6.07, 6.45) is 3.80. The Hall–Kier alpha value is -1.75. The van der Waals surface area contributed by atoms with Gasteiger partial charge in [0.1, 0.15) is 12.4 Å². The highest BCUT2D eigenvalue weighted by atomic mass is 16.5. The van der Waals surface area contributed by atoms with Crippen molar-refractivity contribution in [1.82, 2.24) is 4.90 Å². The number of hydrogen-bond acceptors (Lipinski definition) is 4. The van der Waals surface area contributed by atoms with Gasteiger partial charge in [-0.2, -0.15) is 0 Å². The molecule has 5 nitrogen and oxygen atoms in total. The van der Waals surface area contributed by atoms with E-state index in [9.17, 15) is 9.90 Å². The molecule has 1 aromatic carbocycles. The van der Waals surface area contributed by atoms with Crippen LogP contribution in [0.2, 0.25) is 0 Å². The van der Waals surface area contributed by atoms with Crippen molar-refractivity contribution < 1.29 is 14.6 Å². The molecule has 0 bridgehead atoms. The molecule has 1 saturated carbocycles. The van der Waals surface area contributed by atoms with Crippen LogP contribution in [-0.4, -0.2) is 54.3 Å². The number of hydrogen-bond donors (Lipinski definition) is 1. The fraction of sp³-hybridized carbons (Fsp3) is 0.650. The lowest BCUT2D eigenvalue weighted by atomic mass is 9.80. The monoisotopic (exact) mass is 346 g/mol. The predicted molar refractivity (Wildman–Crippen MR) is 99.0 cm³/mol. The van der Waals surface area contributed by atoms with E-state index in [-0.39, 0.29) is 5.91 Å². The van der Waals surface area contributed by atoms with Gasteiger partial charge in [-0.25, -0.2) is 0 Å². The second-order valence-corrected chi connectivity index (χ2v) is 7.68. The van der Waals surface area contributed by atoms with Crippen molar-refractivity contribution in [2.75, 3.05) is 37.7 Å². The van der Waals surface area contributed by atoms with Crippen LogP contribution in [0.4, 0.5) is 5.69 Å². The number of rotatable bonds is 4. The van der Waals surface area contributed by atoms with Gasteiger partial charge in [0, 0.05) is 38.8 Å². The van der Waals surface area contributed by atoms with E-state index in [4.69, 9.17) is 4.74 Å². The van der Waals surface area contributed by atoms with E-state index in [0.29, 0.717) is 12.5 Å². The number of ether oxygens (including phenoxy) is 1. The van der Waals surface area contributed by atoms with Crippen molar-refractivity contribution in [3.05, 3.63) is 24.3 Å². The van der Waals surface area contributed by atoms with Gasteiger partial charge in [0.2, 0.25) is 5.91 Å². The molecule has 0 aromatic heterocycles. The summed E-state index contributed by atoms with van der Waals surface area (Å²) in [6, 6.07) is 8.07. The average Bonchev–Trinajstić information content (AvgIpc) is 2.63. The van der Waals surface area contributed by atoms with Crippen LogP contribution in [0.25, 0.3) is 0 Å². The highest BCUT2D eigenvalue weighted by Crippen LogP contribution is 2.32. The number of aliphatic hydroxyl groups is 1. The van der Waals surface area contributed by atoms with E-state index in [1.54, 1.807) is 6.92 Å². The van der Waals surface area contributed by atoms with Crippen LogP contribution < -0.4 is 9.64 Å². The minimum atomic E-state index is -0.672. The molecule has 1 N–H and O–H groups in total. The quantitative estimate of drug-likeness (QED) is 0.911. The second kappa shape index (κ2) is 7.65. The number of piperazine rings is 1. The Morgan fingerprint density at radius 2 is 1.76 bits per heavy atom. The maximum absolute atomic E-state index is 11.4. The number of nitrogens with zero attached hydrogens (tertiary/aromatic N) is 2. The molecule has 3 rings (SSSR count). The van der Waals surface area contributed by atoms with Crippen LogP contribution >= 0.6 is 0 Å². The van der Waals surface area contributed by atoms with Gasteiger partial charge >= 0.3 is 0 Å². The van der Waals surface area contributed by atoms with Crippen LogP contribution in [0.3, 0.4) is 0 Å². The van der Waals surface area contributed by atoms with Gasteiger partial charge in [-0.05, 0) is 55.9 Å². The molecule has 1 aliphatic carbocycles. The van der Waals surface area contributed by atoms with Crippen molar-refractivity contribution in [3.8, 4) is 5.75 Å². The van der Waals surface area contributed by atoms with Crippen molar-refractivity contribution in [2.24, 2.45) is 5.92 Å². The summed E-state index contributed by atoms with van der Waals surface area (Å²) in [5.41, 5.74) is 0.481. The summed E-state index contributed by atoms with van der Waals surface area (Å²) < 4.78 is 5.85. The number of carbonyl (C=O) groups excluding carboxylic acids is 1. The zero-order valence-corrected chi connectivity index (χ0v) is 15.4. The largest absolute Gasteiger partial charge is 0.491 e. The lowest BCUT2D eigenvalue weighted by Gasteiger charge is -2.36. The van der Waals surface area contributed by atoms with Gasteiger partial charge in [0.25, 0.3) is 0 Å². The van der Waals surface area contributed by atoms with Crippen LogP contribution in [-0.2, 0) is 4.79 Å². The maximum Gasteiger partial charge on any atom is 0.219 e. The summed E-state index contributed by atoms with van der Waals surface area (Å²) in [6.45, 7) is 7.52. The van der Waals surface area contributed by atoms with Crippen LogP contribution in [0, 0.1) is 5.92 Å². The van der Waals surface area contributed by atoms with E-state index in [0.717, 1.165) is 63.3 Å². The molecule has 1 heterocycles. The Kier molecular flexibility index (Phi) is 5.52. The fourth-order valence-electron chi connectivity index (χ4n) is 3.69. The molecule has 0 unspecified atom stereocenters. The van der Waals surface area contributed by atoms with Crippen LogP contribution in [0.15, 0.2) is 24.3 Å². The van der Waals surface area contributed by atoms with Crippen LogP contribution in [0.5, 0.6) is 5.75 Å². The summed E-state index contributed by atoms with van der Waals surface area (Å²) in [5, 5.41) is 10.6. The van der Waals surface area contributed by atoms with E-state index in [2.05, 4.69) is 24.0 Å². The molecular weight excluding hydrogens is 316 g/mol. The van der Waals surface area contributed by atoms with E-state index >= 15 is 0 Å². The summed E-state index contributed by atoms with van der Waals surface area (Å²) >= 11 is 0. The molecule has 1 aliphatic heterocycles. The van der Waals surface area contributed by atoms with Crippen molar-refractivity contribution >= 4 is 11.6 Å². The fourth-order valence-corrected chi connectivity index (χ4v) is 3.69. The molecule has 1 amide bonds. The Morgan fingerprint density at radius 3 is 2.32 bits per heavy atom. The SMILES string of the molecule is CC(=O)N1CCN(c2ccc(OCC3(O)CCC(C)CC3)cc2)CC1. The highest BCUT2D eigenvalue weighted by molar-refractivity contribution is 5.73. The van der Waals surface area contributed by atoms with Gasteiger partial charge in [-0.3, -0.25) is 4.79 Å².